The van der Waals surface area contributed by atoms with E-state index in [-0.39, 0.29) is 17.7 Å². The van der Waals surface area contributed by atoms with Crippen LogP contribution in [0.1, 0.15) is 19.3 Å². The average Bonchev–Trinajstić information content (AvgIpc) is 2.71. The summed E-state index contributed by atoms with van der Waals surface area (Å²) in [6.07, 6.45) is 1.72. The highest BCUT2D eigenvalue weighted by Gasteiger charge is 2.25. The molecule has 1 aliphatic carbocycles. The van der Waals surface area contributed by atoms with Gasteiger partial charge in [-0.2, -0.15) is 4.39 Å². The van der Waals surface area contributed by atoms with Crippen LogP contribution in [0.15, 0.2) is 12.1 Å². The van der Waals surface area contributed by atoms with E-state index in [1.807, 2.05) is 0 Å². The molecule has 0 aliphatic heterocycles. The molecule has 2 unspecified atom stereocenters. The Morgan fingerprint density at radius 1 is 1.42 bits per heavy atom. The van der Waals surface area contributed by atoms with Gasteiger partial charge in [0.2, 0.25) is 5.82 Å². The first kappa shape index (κ1) is 13.7. The molecular weight excluding hydrogens is 258 g/mol. The molecule has 5 nitrogen and oxygen atoms in total. The van der Waals surface area contributed by atoms with Crippen LogP contribution in [0.4, 0.5) is 20.2 Å². The molecule has 1 aromatic carbocycles. The second-order valence-electron chi connectivity index (χ2n) is 4.75. The van der Waals surface area contributed by atoms with Crippen LogP contribution in [0.2, 0.25) is 0 Å². The number of nitro groups is 1. The van der Waals surface area contributed by atoms with Crippen LogP contribution in [-0.4, -0.2) is 22.7 Å². The van der Waals surface area contributed by atoms with Gasteiger partial charge in [-0.1, -0.05) is 0 Å². The Morgan fingerprint density at radius 3 is 2.74 bits per heavy atom. The van der Waals surface area contributed by atoms with Crippen molar-refractivity contribution in [1.29, 1.82) is 0 Å². The van der Waals surface area contributed by atoms with Gasteiger partial charge in [-0.3, -0.25) is 10.1 Å². The Labute approximate surface area is 108 Å². The third-order valence-corrected chi connectivity index (χ3v) is 3.31. The van der Waals surface area contributed by atoms with E-state index in [1.165, 1.54) is 0 Å². The number of hydrogen-bond acceptors (Lipinski definition) is 4. The Kier molecular flexibility index (Phi) is 3.94. The molecule has 0 spiro atoms. The first-order valence-electron chi connectivity index (χ1n) is 6.02. The maximum absolute atomic E-state index is 13.4. The second kappa shape index (κ2) is 5.48. The van der Waals surface area contributed by atoms with E-state index in [2.05, 4.69) is 5.32 Å². The largest absolute Gasteiger partial charge is 0.393 e. The lowest BCUT2D eigenvalue weighted by molar-refractivity contribution is -0.386. The third-order valence-electron chi connectivity index (χ3n) is 3.31. The molecule has 0 radical (unpaired) electrons. The zero-order valence-corrected chi connectivity index (χ0v) is 10.1. The van der Waals surface area contributed by atoms with Crippen LogP contribution < -0.4 is 5.32 Å². The second-order valence-corrected chi connectivity index (χ2v) is 4.75. The highest BCUT2D eigenvalue weighted by molar-refractivity contribution is 5.62. The Hall–Kier alpha value is -1.76. The number of hydrogen-bond donors (Lipinski definition) is 2. The monoisotopic (exact) mass is 272 g/mol. The summed E-state index contributed by atoms with van der Waals surface area (Å²) in [7, 11) is 0. The van der Waals surface area contributed by atoms with Crippen LogP contribution in [0.5, 0.6) is 0 Å². The highest BCUT2D eigenvalue weighted by Crippen LogP contribution is 2.31. The van der Waals surface area contributed by atoms with Gasteiger partial charge in [-0.15, -0.1) is 0 Å². The van der Waals surface area contributed by atoms with E-state index >= 15 is 0 Å². The van der Waals surface area contributed by atoms with E-state index in [9.17, 15) is 24.0 Å². The smallest absolute Gasteiger partial charge is 0.327 e. The molecule has 0 aromatic heterocycles. The molecule has 0 bridgehead atoms. The number of anilines is 1. The molecule has 104 valence electrons. The number of halogens is 2. The predicted molar refractivity (Wildman–Crippen MR) is 64.8 cm³/mol. The SMILES string of the molecule is O=[N+]([O-])c1c(F)cc(F)cc1NCC1CCC(O)C1. The molecule has 2 atom stereocenters. The zero-order valence-electron chi connectivity index (χ0n) is 10.1. The summed E-state index contributed by atoms with van der Waals surface area (Å²) in [6, 6.07) is 1.40. The molecule has 1 fully saturated rings. The van der Waals surface area contributed by atoms with Crippen molar-refractivity contribution < 1.29 is 18.8 Å². The van der Waals surface area contributed by atoms with Crippen molar-refractivity contribution in [1.82, 2.24) is 0 Å². The van der Waals surface area contributed by atoms with Crippen molar-refractivity contribution in [2.75, 3.05) is 11.9 Å². The number of aliphatic hydroxyl groups is 1. The van der Waals surface area contributed by atoms with Crippen LogP contribution in [0.3, 0.4) is 0 Å². The molecule has 1 saturated carbocycles. The fourth-order valence-corrected chi connectivity index (χ4v) is 2.37. The van der Waals surface area contributed by atoms with Gasteiger partial charge in [-0.25, -0.2) is 4.39 Å². The van der Waals surface area contributed by atoms with Crippen LogP contribution in [0.25, 0.3) is 0 Å². The van der Waals surface area contributed by atoms with Crippen molar-refractivity contribution in [3.63, 3.8) is 0 Å². The summed E-state index contributed by atoms with van der Waals surface area (Å²) in [6.45, 7) is 0.348. The molecule has 7 heteroatoms. The fraction of sp³-hybridized carbons (Fsp3) is 0.500. The maximum Gasteiger partial charge on any atom is 0.327 e. The molecule has 0 heterocycles. The predicted octanol–water partition coefficient (Wildman–Crippen LogP) is 2.45. The minimum Gasteiger partial charge on any atom is -0.393 e. The maximum atomic E-state index is 13.4. The summed E-state index contributed by atoms with van der Waals surface area (Å²) in [5.74, 6) is -1.91. The van der Waals surface area contributed by atoms with E-state index in [4.69, 9.17) is 0 Å². The Morgan fingerprint density at radius 2 is 2.16 bits per heavy atom. The normalized spacial score (nSPS) is 22.5. The first-order chi connectivity index (χ1) is 8.97. The average molecular weight is 272 g/mol. The van der Waals surface area contributed by atoms with Crippen molar-refractivity contribution in [2.45, 2.75) is 25.4 Å². The lowest BCUT2D eigenvalue weighted by Crippen LogP contribution is -2.14. The van der Waals surface area contributed by atoms with Gasteiger partial charge in [0.15, 0.2) is 0 Å². The molecule has 1 aromatic rings. The number of benzene rings is 1. The fourth-order valence-electron chi connectivity index (χ4n) is 2.37. The van der Waals surface area contributed by atoms with Gasteiger partial charge < -0.3 is 10.4 Å². The van der Waals surface area contributed by atoms with Crippen LogP contribution >= 0.6 is 0 Å². The molecule has 19 heavy (non-hydrogen) atoms. The molecule has 2 N–H and O–H groups in total. The molecule has 1 aliphatic rings. The van der Waals surface area contributed by atoms with Crippen LogP contribution in [-0.2, 0) is 0 Å². The van der Waals surface area contributed by atoms with Gasteiger partial charge >= 0.3 is 5.69 Å². The Balaban J connectivity index is 2.12. The van der Waals surface area contributed by atoms with Gasteiger partial charge in [0, 0.05) is 18.7 Å². The molecule has 0 amide bonds. The lowest BCUT2D eigenvalue weighted by Gasteiger charge is -2.12. The summed E-state index contributed by atoms with van der Waals surface area (Å²) in [5, 5.41) is 22.8. The summed E-state index contributed by atoms with van der Waals surface area (Å²) < 4.78 is 26.5. The van der Waals surface area contributed by atoms with Crippen molar-refractivity contribution in [3.8, 4) is 0 Å². The van der Waals surface area contributed by atoms with E-state index in [0.717, 1.165) is 12.5 Å². The van der Waals surface area contributed by atoms with Gasteiger partial charge in [0.25, 0.3) is 0 Å². The van der Waals surface area contributed by atoms with E-state index in [0.29, 0.717) is 25.5 Å². The van der Waals surface area contributed by atoms with E-state index < -0.39 is 22.2 Å². The van der Waals surface area contributed by atoms with Gasteiger partial charge in [0.05, 0.1) is 11.0 Å². The minimum absolute atomic E-state index is 0.154. The highest BCUT2D eigenvalue weighted by atomic mass is 19.1. The number of nitrogens with one attached hydrogen (secondary N) is 1. The number of nitro benzene ring substituents is 1. The minimum atomic E-state index is -1.20. The quantitative estimate of drug-likeness (QED) is 0.652. The van der Waals surface area contributed by atoms with Crippen molar-refractivity contribution in [3.05, 3.63) is 33.9 Å². The van der Waals surface area contributed by atoms with E-state index in [1.54, 1.807) is 0 Å². The summed E-state index contributed by atoms with van der Waals surface area (Å²) in [4.78, 5) is 9.89. The van der Waals surface area contributed by atoms with Crippen LogP contribution in [0, 0.1) is 27.7 Å². The van der Waals surface area contributed by atoms with Crippen molar-refractivity contribution >= 4 is 11.4 Å². The lowest BCUT2D eigenvalue weighted by atomic mass is 10.1. The zero-order chi connectivity index (χ0) is 14.0. The molecule has 0 saturated heterocycles. The summed E-state index contributed by atoms with van der Waals surface area (Å²) in [5.41, 5.74) is -0.913. The van der Waals surface area contributed by atoms with Gasteiger partial charge in [0.1, 0.15) is 11.5 Å². The first-order valence-corrected chi connectivity index (χ1v) is 6.02. The molecular formula is C12H14F2N2O3. The summed E-state index contributed by atoms with van der Waals surface area (Å²) >= 11 is 0. The third kappa shape index (κ3) is 3.17. The Bertz CT molecular complexity index is 496. The number of aliphatic hydroxyl groups excluding tert-OH is 1. The van der Waals surface area contributed by atoms with Gasteiger partial charge in [-0.05, 0) is 25.2 Å². The number of nitrogens with zero attached hydrogens (tertiary/aromatic N) is 1. The standard InChI is InChI=1S/C12H14F2N2O3/c13-8-4-10(14)12(16(18)19)11(5-8)15-6-7-1-2-9(17)3-7/h4-5,7,9,15,17H,1-3,6H2. The molecule has 2 rings (SSSR count). The van der Waals surface area contributed by atoms with Crippen molar-refractivity contribution in [2.24, 2.45) is 5.92 Å². The topological polar surface area (TPSA) is 75.4 Å². The number of rotatable bonds is 4.